The molecule has 3 amide bonds. The first-order chi connectivity index (χ1) is 15.5. The molecule has 0 fully saturated rings. The second kappa shape index (κ2) is 9.44. The summed E-state index contributed by atoms with van der Waals surface area (Å²) >= 11 is 1.24. The smallest absolute Gasteiger partial charge is 0.319 e. The van der Waals surface area contributed by atoms with E-state index in [1.165, 1.54) is 23.5 Å². The summed E-state index contributed by atoms with van der Waals surface area (Å²) in [7, 11) is 0. The molecule has 3 N–H and O–H groups in total. The Labute approximate surface area is 187 Å². The second-order valence-corrected chi connectivity index (χ2v) is 7.86. The van der Waals surface area contributed by atoms with E-state index in [0.29, 0.717) is 32.7 Å². The zero-order chi connectivity index (χ0) is 22.5. The number of carbonyl (C=O) groups excluding carboxylic acids is 2. The number of furan rings is 1. The molecule has 4 rings (SSSR count). The van der Waals surface area contributed by atoms with Crippen molar-refractivity contribution in [3.8, 4) is 10.6 Å². The van der Waals surface area contributed by atoms with Crippen molar-refractivity contribution in [2.45, 2.75) is 13.5 Å². The average molecular weight is 450 g/mol. The molecule has 2 aromatic heterocycles. The molecule has 0 atom stereocenters. The van der Waals surface area contributed by atoms with E-state index in [4.69, 9.17) is 4.42 Å². The van der Waals surface area contributed by atoms with E-state index in [1.54, 1.807) is 61.7 Å². The third kappa shape index (κ3) is 5.19. The maximum absolute atomic E-state index is 13.1. The summed E-state index contributed by atoms with van der Waals surface area (Å²) in [5.74, 6) is 0.0392. The van der Waals surface area contributed by atoms with E-state index in [9.17, 15) is 14.0 Å². The number of urea groups is 1. The molecular weight excluding hydrogens is 431 g/mol. The molecular formula is C23H19FN4O3S. The standard InChI is InChI=1S/C23H19FN4O3S/c1-14-20(32-22(26-14)15-4-6-16(24)7-5-15)21(29)27-17-8-10-18(11-9-17)28-23(30)25-13-19-3-2-12-31-19/h2-12H,13H2,1H3,(H,27,29)(H2,25,28,30). The highest BCUT2D eigenvalue weighted by Crippen LogP contribution is 2.28. The van der Waals surface area contributed by atoms with Gasteiger partial charge in [-0.3, -0.25) is 4.79 Å². The average Bonchev–Trinajstić information content (AvgIpc) is 3.44. The van der Waals surface area contributed by atoms with Gasteiger partial charge in [-0.25, -0.2) is 14.2 Å². The monoisotopic (exact) mass is 450 g/mol. The molecule has 0 aliphatic heterocycles. The van der Waals surface area contributed by atoms with Crippen molar-refractivity contribution in [1.82, 2.24) is 10.3 Å². The lowest BCUT2D eigenvalue weighted by atomic mass is 10.2. The maximum Gasteiger partial charge on any atom is 0.319 e. The fourth-order valence-corrected chi connectivity index (χ4v) is 3.87. The van der Waals surface area contributed by atoms with Crippen molar-refractivity contribution in [3.05, 3.63) is 89.1 Å². The molecule has 4 aromatic rings. The summed E-state index contributed by atoms with van der Waals surface area (Å²) in [6.45, 7) is 2.04. The van der Waals surface area contributed by atoms with Gasteiger partial charge in [0.15, 0.2) is 0 Å². The molecule has 162 valence electrons. The quantitative estimate of drug-likeness (QED) is 0.365. The second-order valence-electron chi connectivity index (χ2n) is 6.86. The van der Waals surface area contributed by atoms with E-state index in [-0.39, 0.29) is 24.3 Å². The fraction of sp³-hybridized carbons (Fsp3) is 0.0870. The fourth-order valence-electron chi connectivity index (χ4n) is 2.90. The summed E-state index contributed by atoms with van der Waals surface area (Å²) in [4.78, 5) is 29.6. The summed E-state index contributed by atoms with van der Waals surface area (Å²) < 4.78 is 18.3. The molecule has 2 heterocycles. The van der Waals surface area contributed by atoms with E-state index in [2.05, 4.69) is 20.9 Å². The van der Waals surface area contributed by atoms with Crippen molar-refractivity contribution in [2.24, 2.45) is 0 Å². The topological polar surface area (TPSA) is 96.3 Å². The van der Waals surface area contributed by atoms with Crippen LogP contribution >= 0.6 is 11.3 Å². The zero-order valence-corrected chi connectivity index (χ0v) is 17.8. The van der Waals surface area contributed by atoms with Crippen LogP contribution in [-0.4, -0.2) is 16.9 Å². The Hall–Kier alpha value is -3.98. The third-order valence-corrected chi connectivity index (χ3v) is 5.70. The van der Waals surface area contributed by atoms with Crippen LogP contribution in [0.5, 0.6) is 0 Å². The SMILES string of the molecule is Cc1nc(-c2ccc(F)cc2)sc1C(=O)Nc1ccc(NC(=O)NCc2ccco2)cc1. The predicted octanol–water partition coefficient (Wildman–Crippen LogP) is 5.42. The lowest BCUT2D eigenvalue weighted by molar-refractivity contribution is 0.102. The number of halogens is 1. The van der Waals surface area contributed by atoms with Crippen LogP contribution in [0.2, 0.25) is 0 Å². The Balaban J connectivity index is 1.35. The van der Waals surface area contributed by atoms with Crippen LogP contribution in [0, 0.1) is 12.7 Å². The molecule has 0 saturated carbocycles. The molecule has 0 unspecified atom stereocenters. The lowest BCUT2D eigenvalue weighted by Gasteiger charge is -2.08. The van der Waals surface area contributed by atoms with Crippen LogP contribution in [0.1, 0.15) is 21.1 Å². The van der Waals surface area contributed by atoms with Crippen LogP contribution in [0.25, 0.3) is 10.6 Å². The molecule has 9 heteroatoms. The normalized spacial score (nSPS) is 10.6. The molecule has 0 bridgehead atoms. The summed E-state index contributed by atoms with van der Waals surface area (Å²) in [5, 5.41) is 8.87. The zero-order valence-electron chi connectivity index (χ0n) is 17.0. The molecule has 32 heavy (non-hydrogen) atoms. The summed E-state index contributed by atoms with van der Waals surface area (Å²) in [6, 6.07) is 15.9. The highest BCUT2D eigenvalue weighted by molar-refractivity contribution is 7.17. The largest absolute Gasteiger partial charge is 0.467 e. The van der Waals surface area contributed by atoms with Crippen LogP contribution < -0.4 is 16.0 Å². The van der Waals surface area contributed by atoms with Crippen LogP contribution in [0.15, 0.2) is 71.3 Å². The number of rotatable bonds is 6. The predicted molar refractivity (Wildman–Crippen MR) is 121 cm³/mol. The number of aromatic nitrogens is 1. The first kappa shape index (κ1) is 21.3. The number of anilines is 2. The van der Waals surface area contributed by atoms with Crippen molar-refractivity contribution in [1.29, 1.82) is 0 Å². The van der Waals surface area contributed by atoms with Crippen molar-refractivity contribution < 1.29 is 18.4 Å². The van der Waals surface area contributed by atoms with E-state index in [0.717, 1.165) is 5.56 Å². The number of aryl methyl sites for hydroxylation is 1. The van der Waals surface area contributed by atoms with E-state index < -0.39 is 0 Å². The third-order valence-electron chi connectivity index (χ3n) is 4.50. The number of nitrogens with one attached hydrogen (secondary N) is 3. The molecule has 0 radical (unpaired) electrons. The van der Waals surface area contributed by atoms with Gasteiger partial charge < -0.3 is 20.4 Å². The molecule has 2 aromatic carbocycles. The van der Waals surface area contributed by atoms with Gasteiger partial charge in [-0.05, 0) is 67.6 Å². The summed E-state index contributed by atoms with van der Waals surface area (Å²) in [5.41, 5.74) is 2.50. The Kier molecular flexibility index (Phi) is 6.27. The number of hydrogen-bond donors (Lipinski definition) is 3. The van der Waals surface area contributed by atoms with Gasteiger partial charge in [0.25, 0.3) is 5.91 Å². The molecule has 0 aliphatic rings. The molecule has 0 spiro atoms. The van der Waals surface area contributed by atoms with Gasteiger partial charge in [-0.15, -0.1) is 11.3 Å². The Morgan fingerprint density at radius 2 is 1.69 bits per heavy atom. The Bertz CT molecular complexity index is 1220. The summed E-state index contributed by atoms with van der Waals surface area (Å²) in [6.07, 6.45) is 1.54. The molecule has 0 aliphatic carbocycles. The van der Waals surface area contributed by atoms with Crippen LogP contribution in [-0.2, 0) is 6.54 Å². The number of thiazole rings is 1. The van der Waals surface area contributed by atoms with E-state index >= 15 is 0 Å². The maximum atomic E-state index is 13.1. The first-order valence-electron chi connectivity index (χ1n) is 9.70. The number of nitrogens with zero attached hydrogens (tertiary/aromatic N) is 1. The minimum atomic E-state index is -0.369. The number of carbonyl (C=O) groups is 2. The van der Waals surface area contributed by atoms with E-state index in [1.807, 2.05) is 0 Å². The minimum Gasteiger partial charge on any atom is -0.467 e. The van der Waals surface area contributed by atoms with Gasteiger partial charge in [0, 0.05) is 16.9 Å². The highest BCUT2D eigenvalue weighted by atomic mass is 32.1. The molecule has 7 nitrogen and oxygen atoms in total. The minimum absolute atomic E-state index is 0.279. The van der Waals surface area contributed by atoms with Crippen molar-refractivity contribution in [3.63, 3.8) is 0 Å². The van der Waals surface area contributed by atoms with Crippen molar-refractivity contribution >= 4 is 34.6 Å². The lowest BCUT2D eigenvalue weighted by Crippen LogP contribution is -2.27. The van der Waals surface area contributed by atoms with Crippen LogP contribution in [0.4, 0.5) is 20.6 Å². The number of hydrogen-bond acceptors (Lipinski definition) is 5. The molecule has 0 saturated heterocycles. The van der Waals surface area contributed by atoms with Gasteiger partial charge >= 0.3 is 6.03 Å². The van der Waals surface area contributed by atoms with Gasteiger partial charge in [0.1, 0.15) is 21.5 Å². The van der Waals surface area contributed by atoms with Gasteiger partial charge in [-0.2, -0.15) is 0 Å². The number of amides is 3. The van der Waals surface area contributed by atoms with Crippen LogP contribution in [0.3, 0.4) is 0 Å². The Morgan fingerprint density at radius 3 is 2.34 bits per heavy atom. The Morgan fingerprint density at radius 1 is 1.00 bits per heavy atom. The van der Waals surface area contributed by atoms with Gasteiger partial charge in [0.05, 0.1) is 18.5 Å². The van der Waals surface area contributed by atoms with Gasteiger partial charge in [0.2, 0.25) is 0 Å². The highest BCUT2D eigenvalue weighted by Gasteiger charge is 2.16. The van der Waals surface area contributed by atoms with Gasteiger partial charge in [-0.1, -0.05) is 0 Å². The first-order valence-corrected chi connectivity index (χ1v) is 10.5. The number of benzene rings is 2. The van der Waals surface area contributed by atoms with Crippen molar-refractivity contribution in [2.75, 3.05) is 10.6 Å².